The Morgan fingerprint density at radius 3 is 2.30 bits per heavy atom. The van der Waals surface area contributed by atoms with E-state index >= 15 is 0 Å². The number of aromatic carboxylic acids is 1. The van der Waals surface area contributed by atoms with Gasteiger partial charge in [-0.3, -0.25) is 4.79 Å². The van der Waals surface area contributed by atoms with Crippen LogP contribution in [-0.4, -0.2) is 29.1 Å². The molecule has 20 heavy (non-hydrogen) atoms. The highest BCUT2D eigenvalue weighted by atomic mass is 32.1. The summed E-state index contributed by atoms with van der Waals surface area (Å²) in [6, 6.07) is 1.72. The minimum absolute atomic E-state index is 0.0150. The Morgan fingerprint density at radius 2 is 1.85 bits per heavy atom. The molecular formula is C14H21NO4S. The number of carbonyl (C=O) groups excluding carboxylic acids is 1. The van der Waals surface area contributed by atoms with Gasteiger partial charge in [0.25, 0.3) is 5.91 Å². The zero-order valence-electron chi connectivity index (χ0n) is 12.4. The lowest BCUT2D eigenvalue weighted by Crippen LogP contribution is -2.40. The van der Waals surface area contributed by atoms with Crippen molar-refractivity contribution in [3.8, 4) is 5.75 Å². The van der Waals surface area contributed by atoms with Crippen LogP contribution in [-0.2, 0) is 4.79 Å². The van der Waals surface area contributed by atoms with Crippen LogP contribution in [0.25, 0.3) is 0 Å². The van der Waals surface area contributed by atoms with Crippen molar-refractivity contribution >= 4 is 23.2 Å². The average molecular weight is 299 g/mol. The van der Waals surface area contributed by atoms with E-state index in [0.717, 1.165) is 4.88 Å². The van der Waals surface area contributed by atoms with E-state index in [-0.39, 0.29) is 28.5 Å². The molecule has 0 saturated heterocycles. The lowest BCUT2D eigenvalue weighted by molar-refractivity contribution is -0.127. The van der Waals surface area contributed by atoms with Gasteiger partial charge in [0.1, 0.15) is 5.75 Å². The first-order valence-electron chi connectivity index (χ1n) is 6.56. The minimum atomic E-state index is -1.03. The quantitative estimate of drug-likeness (QED) is 0.847. The maximum absolute atomic E-state index is 11.8. The predicted octanol–water partition coefficient (Wildman–Crippen LogP) is 2.86. The third-order valence-electron chi connectivity index (χ3n) is 2.58. The molecule has 0 fully saturated rings. The van der Waals surface area contributed by atoms with Crippen LogP contribution in [0.4, 0.5) is 0 Å². The molecular weight excluding hydrogens is 278 g/mol. The van der Waals surface area contributed by atoms with Crippen molar-refractivity contribution < 1.29 is 19.4 Å². The first kappa shape index (κ1) is 16.5. The highest BCUT2D eigenvalue weighted by molar-refractivity contribution is 7.14. The number of nitrogens with one attached hydrogen (secondary N) is 1. The van der Waals surface area contributed by atoms with E-state index in [1.165, 1.54) is 11.3 Å². The fraction of sp³-hybridized carbons (Fsp3) is 0.571. The molecule has 1 rings (SSSR count). The summed E-state index contributed by atoms with van der Waals surface area (Å²) in [5.41, 5.74) is 0. The van der Waals surface area contributed by atoms with Crippen molar-refractivity contribution in [2.75, 3.05) is 0 Å². The molecule has 1 aromatic heterocycles. The van der Waals surface area contributed by atoms with Crippen LogP contribution >= 0.6 is 11.3 Å². The van der Waals surface area contributed by atoms with Crippen molar-refractivity contribution in [3.63, 3.8) is 0 Å². The van der Waals surface area contributed by atoms with Crippen LogP contribution in [0.1, 0.15) is 55.1 Å². The van der Waals surface area contributed by atoms with Gasteiger partial charge in [0, 0.05) is 10.9 Å². The molecule has 0 spiro atoms. The summed E-state index contributed by atoms with van der Waals surface area (Å²) in [5.74, 6) is -0.810. The Labute approximate surface area is 123 Å². The predicted molar refractivity (Wildman–Crippen MR) is 78.7 cm³/mol. The molecule has 0 aliphatic heterocycles. The van der Waals surface area contributed by atoms with E-state index in [1.54, 1.807) is 13.0 Å². The second kappa shape index (κ2) is 6.74. The third kappa shape index (κ3) is 4.23. The minimum Gasteiger partial charge on any atom is -0.479 e. The fourth-order valence-corrected chi connectivity index (χ4v) is 2.49. The molecule has 1 unspecified atom stereocenters. The molecule has 0 aliphatic carbocycles. The molecule has 1 amide bonds. The van der Waals surface area contributed by atoms with Gasteiger partial charge in [-0.15, -0.1) is 11.3 Å². The zero-order chi connectivity index (χ0) is 15.4. The van der Waals surface area contributed by atoms with Crippen molar-refractivity contribution in [1.82, 2.24) is 5.32 Å². The van der Waals surface area contributed by atoms with Gasteiger partial charge >= 0.3 is 5.97 Å². The summed E-state index contributed by atoms with van der Waals surface area (Å²) in [4.78, 5) is 24.1. The number of hydrogen-bond donors (Lipinski definition) is 2. The summed E-state index contributed by atoms with van der Waals surface area (Å²) in [6.07, 6.45) is -0.731. The first-order valence-corrected chi connectivity index (χ1v) is 7.38. The van der Waals surface area contributed by atoms with Gasteiger partial charge in [-0.05, 0) is 32.8 Å². The van der Waals surface area contributed by atoms with E-state index in [9.17, 15) is 14.7 Å². The van der Waals surface area contributed by atoms with Gasteiger partial charge in [0.05, 0.1) is 0 Å². The number of amides is 1. The van der Waals surface area contributed by atoms with E-state index in [1.807, 2.05) is 27.7 Å². The maximum Gasteiger partial charge on any atom is 0.349 e. The van der Waals surface area contributed by atoms with Gasteiger partial charge in [-0.1, -0.05) is 13.8 Å². The maximum atomic E-state index is 11.8. The lowest BCUT2D eigenvalue weighted by atomic mass is 10.2. The number of thiophene rings is 1. The molecule has 1 aromatic rings. The molecule has 1 atom stereocenters. The number of hydrogen-bond acceptors (Lipinski definition) is 4. The summed E-state index contributed by atoms with van der Waals surface area (Å²) in [7, 11) is 0. The fourth-order valence-electron chi connectivity index (χ4n) is 1.56. The van der Waals surface area contributed by atoms with Crippen LogP contribution in [0.3, 0.4) is 0 Å². The molecule has 2 N–H and O–H groups in total. The smallest absolute Gasteiger partial charge is 0.349 e. The molecule has 6 heteroatoms. The Kier molecular flexibility index (Phi) is 5.56. The van der Waals surface area contributed by atoms with Crippen molar-refractivity contribution in [1.29, 1.82) is 0 Å². The molecule has 0 aliphatic rings. The molecule has 0 saturated carbocycles. The molecule has 1 heterocycles. The first-order chi connectivity index (χ1) is 9.22. The Bertz CT molecular complexity index is 493. The van der Waals surface area contributed by atoms with Gasteiger partial charge in [0.2, 0.25) is 0 Å². The highest BCUT2D eigenvalue weighted by Crippen LogP contribution is 2.34. The van der Waals surface area contributed by atoms with Crippen LogP contribution in [0.5, 0.6) is 5.75 Å². The average Bonchev–Trinajstić information content (AvgIpc) is 2.72. The van der Waals surface area contributed by atoms with E-state index in [4.69, 9.17) is 4.74 Å². The molecule has 0 aromatic carbocycles. The van der Waals surface area contributed by atoms with Crippen LogP contribution in [0.2, 0.25) is 0 Å². The Morgan fingerprint density at radius 1 is 1.25 bits per heavy atom. The van der Waals surface area contributed by atoms with Gasteiger partial charge in [0.15, 0.2) is 11.0 Å². The largest absolute Gasteiger partial charge is 0.479 e. The monoisotopic (exact) mass is 299 g/mol. The lowest BCUT2D eigenvalue weighted by Gasteiger charge is -2.16. The second-order valence-electron chi connectivity index (χ2n) is 5.23. The van der Waals surface area contributed by atoms with Crippen molar-refractivity contribution in [2.45, 2.75) is 52.7 Å². The zero-order valence-corrected chi connectivity index (χ0v) is 13.2. The van der Waals surface area contributed by atoms with Crippen LogP contribution in [0.15, 0.2) is 6.07 Å². The normalized spacial score (nSPS) is 12.6. The summed E-state index contributed by atoms with van der Waals surface area (Å²) in [5, 5.41) is 11.9. The number of ether oxygens (including phenoxy) is 1. The summed E-state index contributed by atoms with van der Waals surface area (Å²) < 4.78 is 5.52. The SMILES string of the molecule is CC(C)NC(=O)C(C)Oc1cc(C(C)C)sc1C(=O)O. The number of rotatable bonds is 6. The number of carbonyl (C=O) groups is 2. The number of carboxylic acids is 1. The van der Waals surface area contributed by atoms with Gasteiger partial charge in [-0.2, -0.15) is 0 Å². The van der Waals surface area contributed by atoms with Crippen molar-refractivity contribution in [3.05, 3.63) is 15.8 Å². The molecule has 112 valence electrons. The third-order valence-corrected chi connectivity index (χ3v) is 3.99. The Balaban J connectivity index is 2.90. The standard InChI is InChI=1S/C14H21NO4S/c1-7(2)11-6-10(12(20-11)14(17)18)19-9(5)13(16)15-8(3)4/h6-9H,1-5H3,(H,15,16)(H,17,18). The van der Waals surface area contributed by atoms with E-state index in [2.05, 4.69) is 5.32 Å². The van der Waals surface area contributed by atoms with Crippen LogP contribution in [0, 0.1) is 0 Å². The molecule has 0 radical (unpaired) electrons. The van der Waals surface area contributed by atoms with E-state index < -0.39 is 12.1 Å². The topological polar surface area (TPSA) is 75.6 Å². The summed E-state index contributed by atoms with van der Waals surface area (Å²) in [6.45, 7) is 9.28. The second-order valence-corrected chi connectivity index (χ2v) is 6.31. The van der Waals surface area contributed by atoms with Gasteiger partial charge in [-0.25, -0.2) is 4.79 Å². The van der Waals surface area contributed by atoms with Gasteiger partial charge < -0.3 is 15.2 Å². The highest BCUT2D eigenvalue weighted by Gasteiger charge is 2.22. The van der Waals surface area contributed by atoms with Crippen LogP contribution < -0.4 is 10.1 Å². The molecule has 0 bridgehead atoms. The number of carboxylic acid groups (broad SMARTS) is 1. The van der Waals surface area contributed by atoms with Crippen molar-refractivity contribution in [2.24, 2.45) is 0 Å². The van der Waals surface area contributed by atoms with E-state index in [0.29, 0.717) is 0 Å². The Hall–Kier alpha value is -1.56. The summed E-state index contributed by atoms with van der Waals surface area (Å²) >= 11 is 1.19. The molecule has 5 nitrogen and oxygen atoms in total.